The van der Waals surface area contributed by atoms with Gasteiger partial charge >= 0.3 is 5.97 Å². The number of ether oxygens (including phenoxy) is 1. The predicted octanol–water partition coefficient (Wildman–Crippen LogP) is 1.82. The minimum absolute atomic E-state index is 0.139. The van der Waals surface area contributed by atoms with Crippen molar-refractivity contribution in [3.8, 4) is 0 Å². The van der Waals surface area contributed by atoms with Gasteiger partial charge in [-0.2, -0.15) is 0 Å². The molecule has 0 aliphatic carbocycles. The summed E-state index contributed by atoms with van der Waals surface area (Å²) in [6.45, 7) is 1.35. The molecule has 8 nitrogen and oxygen atoms in total. The number of hydrogen-bond acceptors (Lipinski definition) is 5. The number of carbonyl (C=O) groups excluding carboxylic acids is 4. The minimum atomic E-state index is -0.627. The van der Waals surface area contributed by atoms with Gasteiger partial charge in [0.1, 0.15) is 0 Å². The van der Waals surface area contributed by atoms with Crippen molar-refractivity contribution >= 4 is 29.4 Å². The van der Waals surface area contributed by atoms with Gasteiger partial charge in [0.2, 0.25) is 5.91 Å². The van der Waals surface area contributed by atoms with Gasteiger partial charge in [-0.25, -0.2) is 4.79 Å². The lowest BCUT2D eigenvalue weighted by molar-refractivity contribution is -0.119. The summed E-state index contributed by atoms with van der Waals surface area (Å²) in [6, 6.07) is 12.9. The summed E-state index contributed by atoms with van der Waals surface area (Å²) >= 11 is 0. The molecular weight excluding hydrogens is 374 g/mol. The lowest BCUT2D eigenvalue weighted by Gasteiger charge is -2.11. The van der Waals surface area contributed by atoms with Gasteiger partial charge in [0, 0.05) is 38.8 Å². The molecule has 0 atom stereocenters. The highest BCUT2D eigenvalue weighted by Crippen LogP contribution is 2.11. The second-order valence-corrected chi connectivity index (χ2v) is 6.51. The van der Waals surface area contributed by atoms with Crippen LogP contribution in [0.1, 0.15) is 33.2 Å². The van der Waals surface area contributed by atoms with E-state index in [1.807, 2.05) is 0 Å². The summed E-state index contributed by atoms with van der Waals surface area (Å²) in [4.78, 5) is 48.2. The first-order valence-electron chi connectivity index (χ1n) is 8.88. The van der Waals surface area contributed by atoms with Gasteiger partial charge in [0.15, 0.2) is 6.61 Å². The average Bonchev–Trinajstić information content (AvgIpc) is 2.70. The molecule has 0 radical (unpaired) electrons. The molecule has 2 N–H and O–H groups in total. The first kappa shape index (κ1) is 21.6. The van der Waals surface area contributed by atoms with E-state index in [1.54, 1.807) is 62.6 Å². The quantitative estimate of drug-likeness (QED) is 0.694. The van der Waals surface area contributed by atoms with E-state index in [4.69, 9.17) is 4.74 Å². The summed E-state index contributed by atoms with van der Waals surface area (Å²) in [5, 5.41) is 5.26. The zero-order valence-corrected chi connectivity index (χ0v) is 16.5. The zero-order valence-electron chi connectivity index (χ0n) is 16.5. The summed E-state index contributed by atoms with van der Waals surface area (Å²) in [5.74, 6) is -1.40. The highest BCUT2D eigenvalue weighted by atomic mass is 16.5. The van der Waals surface area contributed by atoms with E-state index in [0.717, 1.165) is 5.56 Å². The molecule has 0 unspecified atom stereocenters. The van der Waals surface area contributed by atoms with Crippen LogP contribution >= 0.6 is 0 Å². The monoisotopic (exact) mass is 397 g/mol. The molecule has 0 fully saturated rings. The molecule has 0 aliphatic heterocycles. The number of hydrogen-bond donors (Lipinski definition) is 2. The molecule has 0 aromatic heterocycles. The summed E-state index contributed by atoms with van der Waals surface area (Å²) < 4.78 is 5.01. The standard InChI is InChI=1S/C21H23N3O5/c1-14(25)22-12-15-4-6-17(7-5-15)21(28)29-13-19(26)23-18-10-8-16(9-11-18)20(27)24(2)3/h4-11H,12-13H2,1-3H3,(H,22,25)(H,23,26). The van der Waals surface area contributed by atoms with Crippen molar-refractivity contribution < 1.29 is 23.9 Å². The van der Waals surface area contributed by atoms with Gasteiger partial charge in [-0.15, -0.1) is 0 Å². The van der Waals surface area contributed by atoms with Crippen LogP contribution in [-0.2, 0) is 20.9 Å². The number of nitrogens with zero attached hydrogens (tertiary/aromatic N) is 1. The van der Waals surface area contributed by atoms with Gasteiger partial charge in [-0.3, -0.25) is 14.4 Å². The third-order valence-electron chi connectivity index (χ3n) is 3.89. The molecule has 2 rings (SSSR count). The minimum Gasteiger partial charge on any atom is -0.452 e. The van der Waals surface area contributed by atoms with Crippen LogP contribution in [-0.4, -0.2) is 49.3 Å². The maximum atomic E-state index is 12.0. The summed E-state index contributed by atoms with van der Waals surface area (Å²) in [7, 11) is 3.31. The molecule has 0 bridgehead atoms. The van der Waals surface area contributed by atoms with Crippen molar-refractivity contribution in [1.29, 1.82) is 0 Å². The Labute approximate surface area is 168 Å². The van der Waals surface area contributed by atoms with E-state index in [1.165, 1.54) is 11.8 Å². The Kier molecular flexibility index (Phi) is 7.47. The van der Waals surface area contributed by atoms with Crippen LogP contribution in [0.5, 0.6) is 0 Å². The first-order chi connectivity index (χ1) is 13.8. The summed E-state index contributed by atoms with van der Waals surface area (Å²) in [6.07, 6.45) is 0. The smallest absolute Gasteiger partial charge is 0.338 e. The van der Waals surface area contributed by atoms with Gasteiger partial charge in [-0.1, -0.05) is 12.1 Å². The highest BCUT2D eigenvalue weighted by Gasteiger charge is 2.12. The zero-order chi connectivity index (χ0) is 21.4. The van der Waals surface area contributed by atoms with E-state index in [0.29, 0.717) is 23.4 Å². The largest absolute Gasteiger partial charge is 0.452 e. The van der Waals surface area contributed by atoms with Crippen LogP contribution in [0.4, 0.5) is 5.69 Å². The van der Waals surface area contributed by atoms with Crippen LogP contribution in [0.15, 0.2) is 48.5 Å². The second-order valence-electron chi connectivity index (χ2n) is 6.51. The molecule has 0 spiro atoms. The number of esters is 1. The normalized spacial score (nSPS) is 10.0. The fraction of sp³-hybridized carbons (Fsp3) is 0.238. The first-order valence-corrected chi connectivity index (χ1v) is 8.88. The number of nitrogens with one attached hydrogen (secondary N) is 2. The predicted molar refractivity (Wildman–Crippen MR) is 107 cm³/mol. The van der Waals surface area contributed by atoms with E-state index in [2.05, 4.69) is 10.6 Å². The number of amides is 3. The molecule has 0 saturated heterocycles. The number of anilines is 1. The molecular formula is C21H23N3O5. The van der Waals surface area contributed by atoms with Crippen molar-refractivity contribution in [2.75, 3.05) is 26.0 Å². The average molecular weight is 397 g/mol. The molecule has 8 heteroatoms. The Hall–Kier alpha value is -3.68. The number of benzene rings is 2. The van der Waals surface area contributed by atoms with Gasteiger partial charge in [0.25, 0.3) is 11.8 Å². The molecule has 2 aromatic carbocycles. The van der Waals surface area contributed by atoms with Crippen molar-refractivity contribution in [2.45, 2.75) is 13.5 Å². The Morgan fingerprint density at radius 1 is 0.897 bits per heavy atom. The molecule has 152 valence electrons. The molecule has 0 heterocycles. The Balaban J connectivity index is 1.83. The Morgan fingerprint density at radius 3 is 2.03 bits per heavy atom. The third-order valence-corrected chi connectivity index (χ3v) is 3.89. The van der Waals surface area contributed by atoms with E-state index < -0.39 is 18.5 Å². The van der Waals surface area contributed by atoms with Crippen molar-refractivity contribution in [2.24, 2.45) is 0 Å². The highest BCUT2D eigenvalue weighted by molar-refractivity contribution is 5.97. The molecule has 29 heavy (non-hydrogen) atoms. The topological polar surface area (TPSA) is 105 Å². The van der Waals surface area contributed by atoms with Crippen molar-refractivity contribution in [3.63, 3.8) is 0 Å². The van der Waals surface area contributed by atoms with Crippen LogP contribution in [0.3, 0.4) is 0 Å². The van der Waals surface area contributed by atoms with Crippen molar-refractivity contribution in [3.05, 3.63) is 65.2 Å². The number of rotatable bonds is 7. The van der Waals surface area contributed by atoms with E-state index >= 15 is 0 Å². The maximum Gasteiger partial charge on any atom is 0.338 e. The van der Waals surface area contributed by atoms with Crippen molar-refractivity contribution in [1.82, 2.24) is 10.2 Å². The maximum absolute atomic E-state index is 12.0. The molecule has 0 saturated carbocycles. The van der Waals surface area contributed by atoms with E-state index in [9.17, 15) is 19.2 Å². The Bertz CT molecular complexity index is 890. The summed E-state index contributed by atoms with van der Waals surface area (Å²) in [5.41, 5.74) is 2.13. The SMILES string of the molecule is CC(=O)NCc1ccc(C(=O)OCC(=O)Nc2ccc(C(=O)N(C)C)cc2)cc1. The third kappa shape index (κ3) is 6.76. The van der Waals surface area contributed by atoms with Crippen LogP contribution in [0.2, 0.25) is 0 Å². The Morgan fingerprint density at radius 2 is 1.48 bits per heavy atom. The second kappa shape index (κ2) is 10.0. The van der Waals surface area contributed by atoms with Crippen LogP contribution in [0.25, 0.3) is 0 Å². The van der Waals surface area contributed by atoms with Crippen LogP contribution in [0, 0.1) is 0 Å². The van der Waals surface area contributed by atoms with Gasteiger partial charge < -0.3 is 20.3 Å². The number of carbonyl (C=O) groups is 4. The van der Waals surface area contributed by atoms with Crippen LogP contribution < -0.4 is 10.6 Å². The fourth-order valence-corrected chi connectivity index (χ4v) is 2.35. The molecule has 2 aromatic rings. The lowest BCUT2D eigenvalue weighted by Crippen LogP contribution is -2.22. The molecule has 0 aliphatic rings. The van der Waals surface area contributed by atoms with Gasteiger partial charge in [0.05, 0.1) is 5.56 Å². The lowest BCUT2D eigenvalue weighted by atomic mass is 10.1. The van der Waals surface area contributed by atoms with Gasteiger partial charge in [-0.05, 0) is 42.0 Å². The molecule has 3 amide bonds. The fourth-order valence-electron chi connectivity index (χ4n) is 2.35. The van der Waals surface area contributed by atoms with E-state index in [-0.39, 0.29) is 11.8 Å².